The lowest BCUT2D eigenvalue weighted by Gasteiger charge is -1.94. The number of hydrogen-bond acceptors (Lipinski definition) is 5. The molecule has 1 aromatic rings. The molecule has 6 nitrogen and oxygen atoms in total. The van der Waals surface area contributed by atoms with Crippen LogP contribution in [0, 0.1) is 0 Å². The molecule has 0 fully saturated rings. The Kier molecular flexibility index (Phi) is 1.24. The van der Waals surface area contributed by atoms with Crippen molar-refractivity contribution in [2.24, 2.45) is 0 Å². The maximum atomic E-state index is 11.0. The lowest BCUT2D eigenvalue weighted by molar-refractivity contribution is 0.0432. The monoisotopic (exact) mass is 167 g/mol. The highest BCUT2D eigenvalue weighted by molar-refractivity contribution is 6.12. The summed E-state index contributed by atoms with van der Waals surface area (Å²) in [7, 11) is 0. The van der Waals surface area contributed by atoms with E-state index in [4.69, 9.17) is 0 Å². The number of rotatable bonds is 1. The molecule has 0 N–H and O–H groups in total. The average molecular weight is 167 g/mol. The Morgan fingerprint density at radius 3 is 2.83 bits per heavy atom. The van der Waals surface area contributed by atoms with E-state index >= 15 is 0 Å². The molecule has 0 saturated carbocycles. The van der Waals surface area contributed by atoms with Crippen LogP contribution in [0.3, 0.4) is 0 Å². The minimum atomic E-state index is -0.713. The molecule has 0 unspecified atom stereocenters. The zero-order chi connectivity index (χ0) is 8.72. The predicted octanol–water partition coefficient (Wildman–Crippen LogP) is -0.391. The van der Waals surface area contributed by atoms with E-state index in [0.717, 1.165) is 0 Å². The van der Waals surface area contributed by atoms with Crippen molar-refractivity contribution in [2.45, 2.75) is 13.5 Å². The zero-order valence-corrected chi connectivity index (χ0v) is 6.27. The summed E-state index contributed by atoms with van der Waals surface area (Å²) in [6.45, 7) is 2.29. The Labute approximate surface area is 67.1 Å². The third-order valence-corrected chi connectivity index (χ3v) is 1.61. The SMILES string of the molecule is CCn1nnc2c1C(=O)OC2=O. The normalized spacial score (nSPS) is 14.8. The molecule has 0 aliphatic carbocycles. The van der Waals surface area contributed by atoms with Gasteiger partial charge in [-0.2, -0.15) is 0 Å². The molecular formula is C6H5N3O3. The van der Waals surface area contributed by atoms with Crippen molar-refractivity contribution in [1.82, 2.24) is 15.0 Å². The minimum Gasteiger partial charge on any atom is -0.383 e. The van der Waals surface area contributed by atoms with Gasteiger partial charge in [0, 0.05) is 6.54 Å². The Hall–Kier alpha value is -1.72. The van der Waals surface area contributed by atoms with E-state index in [9.17, 15) is 9.59 Å². The molecule has 0 spiro atoms. The number of cyclic esters (lactones) is 2. The van der Waals surface area contributed by atoms with Crippen LogP contribution < -0.4 is 0 Å². The molecule has 2 rings (SSSR count). The number of ether oxygens (including phenoxy) is 1. The van der Waals surface area contributed by atoms with E-state index in [0.29, 0.717) is 6.54 Å². The second-order valence-corrected chi connectivity index (χ2v) is 2.28. The summed E-state index contributed by atoms with van der Waals surface area (Å²) in [4.78, 5) is 21.8. The molecule has 0 radical (unpaired) electrons. The van der Waals surface area contributed by atoms with Crippen molar-refractivity contribution in [1.29, 1.82) is 0 Å². The van der Waals surface area contributed by atoms with E-state index in [1.165, 1.54) is 4.68 Å². The number of fused-ring (bicyclic) bond motifs is 1. The van der Waals surface area contributed by atoms with Crippen molar-refractivity contribution in [3.05, 3.63) is 11.4 Å². The Morgan fingerprint density at radius 2 is 2.17 bits per heavy atom. The van der Waals surface area contributed by atoms with Crippen LogP contribution in [0.1, 0.15) is 27.9 Å². The molecule has 1 aromatic heterocycles. The summed E-state index contributed by atoms with van der Waals surface area (Å²) in [5.41, 5.74) is 0.171. The molecule has 0 aromatic carbocycles. The third-order valence-electron chi connectivity index (χ3n) is 1.61. The van der Waals surface area contributed by atoms with Crippen molar-refractivity contribution in [3.8, 4) is 0 Å². The number of esters is 2. The molecule has 0 amide bonds. The van der Waals surface area contributed by atoms with Crippen LogP contribution in [0.4, 0.5) is 0 Å². The predicted molar refractivity (Wildman–Crippen MR) is 35.4 cm³/mol. The van der Waals surface area contributed by atoms with Crippen LogP contribution in [0.2, 0.25) is 0 Å². The third kappa shape index (κ3) is 0.687. The van der Waals surface area contributed by atoms with Gasteiger partial charge in [-0.15, -0.1) is 5.10 Å². The number of hydrogen-bond donors (Lipinski definition) is 0. The summed E-state index contributed by atoms with van der Waals surface area (Å²) in [6, 6.07) is 0. The second-order valence-electron chi connectivity index (χ2n) is 2.28. The fourth-order valence-electron chi connectivity index (χ4n) is 1.05. The van der Waals surface area contributed by atoms with Gasteiger partial charge >= 0.3 is 11.9 Å². The summed E-state index contributed by atoms with van der Waals surface area (Å²) in [5.74, 6) is -1.38. The van der Waals surface area contributed by atoms with Crippen LogP contribution in [-0.2, 0) is 11.3 Å². The molecule has 1 aliphatic heterocycles. The number of aromatic nitrogens is 3. The van der Waals surface area contributed by atoms with Crippen molar-refractivity contribution in [2.75, 3.05) is 0 Å². The van der Waals surface area contributed by atoms with E-state index in [1.807, 2.05) is 0 Å². The van der Waals surface area contributed by atoms with Gasteiger partial charge in [0.25, 0.3) is 0 Å². The fraction of sp³-hybridized carbons (Fsp3) is 0.333. The van der Waals surface area contributed by atoms with Gasteiger partial charge in [0.05, 0.1) is 0 Å². The lowest BCUT2D eigenvalue weighted by Crippen LogP contribution is -2.08. The van der Waals surface area contributed by atoms with Gasteiger partial charge in [0.2, 0.25) is 5.69 Å². The highest BCUT2D eigenvalue weighted by atomic mass is 16.6. The molecule has 0 atom stereocenters. The first-order valence-corrected chi connectivity index (χ1v) is 3.44. The highest BCUT2D eigenvalue weighted by Gasteiger charge is 2.36. The molecule has 1 aliphatic rings. The van der Waals surface area contributed by atoms with Crippen molar-refractivity contribution < 1.29 is 14.3 Å². The molecule has 12 heavy (non-hydrogen) atoms. The Morgan fingerprint density at radius 1 is 1.42 bits per heavy atom. The van der Waals surface area contributed by atoms with Gasteiger partial charge in [-0.1, -0.05) is 5.21 Å². The Balaban J connectivity index is 2.63. The summed E-state index contributed by atoms with van der Waals surface area (Å²) in [5, 5.41) is 7.12. The second kappa shape index (κ2) is 2.13. The van der Waals surface area contributed by atoms with Crippen molar-refractivity contribution >= 4 is 11.9 Å². The van der Waals surface area contributed by atoms with Gasteiger partial charge in [0.15, 0.2) is 5.69 Å². The van der Waals surface area contributed by atoms with E-state index < -0.39 is 11.9 Å². The van der Waals surface area contributed by atoms with Gasteiger partial charge in [-0.05, 0) is 6.92 Å². The van der Waals surface area contributed by atoms with Crippen molar-refractivity contribution in [3.63, 3.8) is 0 Å². The Bertz CT molecular complexity index is 368. The number of carbonyl (C=O) groups excluding carboxylic acids is 2. The molecular weight excluding hydrogens is 162 g/mol. The quantitative estimate of drug-likeness (QED) is 0.420. The maximum absolute atomic E-state index is 11.0. The lowest BCUT2D eigenvalue weighted by atomic mass is 10.3. The van der Waals surface area contributed by atoms with Gasteiger partial charge in [-0.25, -0.2) is 14.3 Å². The number of nitrogens with zero attached hydrogens (tertiary/aromatic N) is 3. The molecule has 0 saturated heterocycles. The molecule has 2 heterocycles. The number of carbonyl (C=O) groups is 2. The molecule has 0 bridgehead atoms. The minimum absolute atomic E-state index is 0.0156. The summed E-state index contributed by atoms with van der Waals surface area (Å²) >= 11 is 0. The van der Waals surface area contributed by atoms with E-state index in [2.05, 4.69) is 15.0 Å². The average Bonchev–Trinajstić information content (AvgIpc) is 2.55. The van der Waals surface area contributed by atoms with Crippen LogP contribution in [0.25, 0.3) is 0 Å². The standard InChI is InChI=1S/C6H5N3O3/c1-2-9-4-3(7-8-9)5(10)12-6(4)11/h2H2,1H3. The first-order chi connectivity index (χ1) is 5.74. The first kappa shape index (κ1) is 6.96. The fourth-order valence-corrected chi connectivity index (χ4v) is 1.05. The van der Waals surface area contributed by atoms with Crippen LogP contribution >= 0.6 is 0 Å². The van der Waals surface area contributed by atoms with E-state index in [1.54, 1.807) is 6.92 Å². The molecule has 62 valence electrons. The first-order valence-electron chi connectivity index (χ1n) is 3.44. The molecule has 6 heteroatoms. The van der Waals surface area contributed by atoms with Crippen LogP contribution in [0.15, 0.2) is 0 Å². The van der Waals surface area contributed by atoms with Gasteiger partial charge in [0.1, 0.15) is 0 Å². The topological polar surface area (TPSA) is 74.1 Å². The highest BCUT2D eigenvalue weighted by Crippen LogP contribution is 2.16. The zero-order valence-electron chi connectivity index (χ0n) is 6.27. The number of aryl methyl sites for hydroxylation is 1. The largest absolute Gasteiger partial charge is 0.383 e. The summed E-state index contributed by atoms with van der Waals surface area (Å²) in [6.07, 6.45) is 0. The summed E-state index contributed by atoms with van der Waals surface area (Å²) < 4.78 is 5.65. The smallest absolute Gasteiger partial charge is 0.369 e. The maximum Gasteiger partial charge on any atom is 0.369 e. The van der Waals surface area contributed by atoms with Crippen LogP contribution in [-0.4, -0.2) is 26.9 Å². The van der Waals surface area contributed by atoms with Crippen LogP contribution in [0.5, 0.6) is 0 Å². The van der Waals surface area contributed by atoms with Gasteiger partial charge in [-0.3, -0.25) is 0 Å². The van der Waals surface area contributed by atoms with E-state index in [-0.39, 0.29) is 11.4 Å². The van der Waals surface area contributed by atoms with Gasteiger partial charge < -0.3 is 4.74 Å².